The first-order valence-corrected chi connectivity index (χ1v) is 8.26. The third kappa shape index (κ3) is 3.78. The van der Waals surface area contributed by atoms with Crippen LogP contribution in [-0.2, 0) is 12.6 Å². The zero-order chi connectivity index (χ0) is 13.3. The SMILES string of the molecule is Cc1ccc(I(F)OS(=O)(=O)C(F)(F)F)cc1. The Kier molecular flexibility index (Phi) is 4.36. The summed E-state index contributed by atoms with van der Waals surface area (Å²) in [6.45, 7) is 1.70. The van der Waals surface area contributed by atoms with Crippen molar-refractivity contribution >= 4 is 30.9 Å². The van der Waals surface area contributed by atoms with Crippen molar-refractivity contribution in [2.24, 2.45) is 0 Å². The molecule has 98 valence electrons. The van der Waals surface area contributed by atoms with E-state index in [4.69, 9.17) is 0 Å². The predicted molar refractivity (Wildman–Crippen MR) is 61.1 cm³/mol. The number of hydrogen-bond acceptors (Lipinski definition) is 3. The molecule has 0 aromatic heterocycles. The summed E-state index contributed by atoms with van der Waals surface area (Å²) in [5.41, 5.74) is -4.82. The van der Waals surface area contributed by atoms with Crippen LogP contribution in [-0.4, -0.2) is 13.9 Å². The van der Waals surface area contributed by atoms with Crippen molar-refractivity contribution in [1.82, 2.24) is 0 Å². The van der Waals surface area contributed by atoms with Gasteiger partial charge in [0, 0.05) is 0 Å². The minimum absolute atomic E-state index is 0.146. The Morgan fingerprint density at radius 2 is 1.65 bits per heavy atom. The summed E-state index contributed by atoms with van der Waals surface area (Å²) >= 11 is -4.30. The first-order valence-electron chi connectivity index (χ1n) is 4.08. The molecule has 0 bridgehead atoms. The summed E-state index contributed by atoms with van der Waals surface area (Å²) in [5.74, 6) is 0. The summed E-state index contributed by atoms with van der Waals surface area (Å²) in [6, 6.07) is 5.35. The second-order valence-electron chi connectivity index (χ2n) is 2.97. The van der Waals surface area contributed by atoms with E-state index in [-0.39, 0.29) is 3.57 Å². The van der Waals surface area contributed by atoms with E-state index in [1.807, 2.05) is 0 Å². The maximum atomic E-state index is 13.3. The van der Waals surface area contributed by atoms with Crippen molar-refractivity contribution in [3.8, 4) is 0 Å². The molecule has 0 amide bonds. The van der Waals surface area contributed by atoms with E-state index in [1.165, 1.54) is 24.3 Å². The third-order valence-electron chi connectivity index (χ3n) is 1.60. The van der Waals surface area contributed by atoms with Gasteiger partial charge in [-0.2, -0.15) is 0 Å². The van der Waals surface area contributed by atoms with Gasteiger partial charge in [-0.15, -0.1) is 0 Å². The third-order valence-corrected chi connectivity index (χ3v) is 6.51. The number of alkyl halides is 3. The van der Waals surface area contributed by atoms with Crippen LogP contribution in [0, 0.1) is 10.5 Å². The first-order chi connectivity index (χ1) is 7.63. The number of rotatable bonds is 3. The Morgan fingerprint density at radius 1 is 1.18 bits per heavy atom. The Morgan fingerprint density at radius 3 is 2.06 bits per heavy atom. The van der Waals surface area contributed by atoms with Gasteiger partial charge in [-0.25, -0.2) is 0 Å². The van der Waals surface area contributed by atoms with E-state index >= 15 is 0 Å². The van der Waals surface area contributed by atoms with Gasteiger partial charge in [0.2, 0.25) is 0 Å². The van der Waals surface area contributed by atoms with E-state index in [9.17, 15) is 24.4 Å². The standard InChI is InChI=1S/C8H7F4IO3S/c1-6-2-4-7(5-3-6)13(12)16-17(14,15)8(9,10)11/h2-5H,1H3. The molecule has 0 unspecified atom stereocenters. The van der Waals surface area contributed by atoms with E-state index in [0.717, 1.165) is 5.56 Å². The van der Waals surface area contributed by atoms with E-state index < -0.39 is 36.4 Å². The van der Waals surface area contributed by atoms with Gasteiger partial charge in [-0.05, 0) is 0 Å². The van der Waals surface area contributed by atoms with Crippen molar-refractivity contribution in [3.05, 3.63) is 33.4 Å². The topological polar surface area (TPSA) is 43.4 Å². The molecule has 3 nitrogen and oxygen atoms in total. The predicted octanol–water partition coefficient (Wildman–Crippen LogP) is 3.34. The van der Waals surface area contributed by atoms with Crippen LogP contribution in [0.15, 0.2) is 24.3 Å². The molecule has 17 heavy (non-hydrogen) atoms. The molecule has 1 aromatic rings. The number of benzene rings is 1. The Hall–Kier alpha value is -0.420. The van der Waals surface area contributed by atoms with E-state index in [0.29, 0.717) is 0 Å². The molecule has 0 atom stereocenters. The molecule has 0 aliphatic carbocycles. The van der Waals surface area contributed by atoms with Crippen molar-refractivity contribution in [2.75, 3.05) is 0 Å². The molecule has 0 aliphatic heterocycles. The molecule has 0 N–H and O–H groups in total. The normalized spacial score (nSPS) is 13.6. The van der Waals surface area contributed by atoms with Crippen molar-refractivity contribution in [2.45, 2.75) is 12.4 Å². The second-order valence-corrected chi connectivity index (χ2v) is 7.97. The van der Waals surface area contributed by atoms with Crippen molar-refractivity contribution < 1.29 is 27.0 Å². The number of aryl methyl sites for hydroxylation is 1. The molecule has 0 spiro atoms. The van der Waals surface area contributed by atoms with Gasteiger partial charge in [0.25, 0.3) is 0 Å². The Labute approximate surface area is 104 Å². The van der Waals surface area contributed by atoms with Crippen LogP contribution in [0.5, 0.6) is 0 Å². The van der Waals surface area contributed by atoms with Crippen LogP contribution in [0.4, 0.5) is 16.0 Å². The van der Waals surface area contributed by atoms with Crippen LogP contribution in [0.2, 0.25) is 0 Å². The van der Waals surface area contributed by atoms with Gasteiger partial charge in [-0.1, -0.05) is 0 Å². The molecule has 1 aromatic carbocycles. The summed E-state index contributed by atoms with van der Waals surface area (Å²) < 4.78 is 73.6. The van der Waals surface area contributed by atoms with Crippen molar-refractivity contribution in [1.29, 1.82) is 0 Å². The van der Waals surface area contributed by atoms with Gasteiger partial charge < -0.3 is 0 Å². The van der Waals surface area contributed by atoms with Crippen molar-refractivity contribution in [3.63, 3.8) is 0 Å². The summed E-state index contributed by atoms with van der Waals surface area (Å²) in [6.07, 6.45) is 0. The summed E-state index contributed by atoms with van der Waals surface area (Å²) in [4.78, 5) is 0. The molecule has 0 heterocycles. The van der Waals surface area contributed by atoms with Crippen LogP contribution in [0.1, 0.15) is 5.56 Å². The average molecular weight is 386 g/mol. The summed E-state index contributed by atoms with van der Waals surface area (Å²) in [5, 5.41) is 0. The Bertz CT molecular complexity index is 482. The van der Waals surface area contributed by atoms with Gasteiger partial charge in [0.05, 0.1) is 0 Å². The molecule has 0 saturated carbocycles. The zero-order valence-electron chi connectivity index (χ0n) is 8.33. The fourth-order valence-corrected chi connectivity index (χ4v) is 4.47. The van der Waals surface area contributed by atoms with E-state index in [2.05, 4.69) is 2.51 Å². The van der Waals surface area contributed by atoms with Crippen LogP contribution < -0.4 is 0 Å². The summed E-state index contributed by atoms with van der Waals surface area (Å²) in [7, 11) is -5.86. The maximum absolute atomic E-state index is 13.3. The molecule has 1 rings (SSSR count). The zero-order valence-corrected chi connectivity index (χ0v) is 11.3. The van der Waals surface area contributed by atoms with Gasteiger partial charge in [0.1, 0.15) is 0 Å². The molecule has 0 fully saturated rings. The van der Waals surface area contributed by atoms with E-state index in [1.54, 1.807) is 6.92 Å². The first kappa shape index (κ1) is 14.6. The number of hydrogen-bond donors (Lipinski definition) is 0. The molecular weight excluding hydrogens is 379 g/mol. The average Bonchev–Trinajstić information content (AvgIpc) is 2.16. The fraction of sp³-hybridized carbons (Fsp3) is 0.250. The quantitative estimate of drug-likeness (QED) is 0.455. The van der Waals surface area contributed by atoms with Crippen LogP contribution >= 0.6 is 20.8 Å². The van der Waals surface area contributed by atoms with Crippen LogP contribution in [0.3, 0.4) is 0 Å². The monoisotopic (exact) mass is 386 g/mol. The molecule has 0 saturated heterocycles. The van der Waals surface area contributed by atoms with Gasteiger partial charge in [-0.3, -0.25) is 0 Å². The molecular formula is C8H7F4IO3S. The number of halogens is 5. The fourth-order valence-electron chi connectivity index (χ4n) is 0.777. The van der Waals surface area contributed by atoms with Crippen LogP contribution in [0.25, 0.3) is 0 Å². The van der Waals surface area contributed by atoms with Gasteiger partial charge >= 0.3 is 104 Å². The molecule has 9 heteroatoms. The second kappa shape index (κ2) is 5.06. The minimum atomic E-state index is -5.86. The van der Waals surface area contributed by atoms with Gasteiger partial charge in [0.15, 0.2) is 0 Å². The molecule has 0 radical (unpaired) electrons. The molecule has 0 aliphatic rings. The Balaban J connectivity index is 2.87.